The van der Waals surface area contributed by atoms with Gasteiger partial charge in [-0.15, -0.1) is 0 Å². The molecule has 0 saturated heterocycles. The molecule has 0 saturated carbocycles. The van der Waals surface area contributed by atoms with Crippen LogP contribution in [0.3, 0.4) is 0 Å². The predicted octanol–water partition coefficient (Wildman–Crippen LogP) is -0.927. The van der Waals surface area contributed by atoms with Gasteiger partial charge in [-0.25, -0.2) is 0 Å². The smallest absolute Gasteiger partial charge is 0.219 e. The zero-order valence-electron chi connectivity index (χ0n) is 10.1. The second-order valence-corrected chi connectivity index (χ2v) is 4.20. The van der Waals surface area contributed by atoms with Gasteiger partial charge in [0.2, 0.25) is 5.91 Å². The zero-order valence-corrected chi connectivity index (χ0v) is 10.1. The van der Waals surface area contributed by atoms with E-state index in [0.29, 0.717) is 13.0 Å². The molecule has 0 fully saturated rings. The fraction of sp³-hybridized carbons (Fsp3) is 0.900. The van der Waals surface area contributed by atoms with E-state index in [2.05, 4.69) is 9.80 Å². The quantitative estimate of drug-likeness (QED) is 0.550. The second-order valence-electron chi connectivity index (χ2n) is 4.20. The maximum absolute atomic E-state index is 10.8. The maximum Gasteiger partial charge on any atom is 0.219 e. The van der Waals surface area contributed by atoms with Crippen LogP contribution in [0.2, 0.25) is 0 Å². The van der Waals surface area contributed by atoms with E-state index in [1.165, 1.54) is 0 Å². The molecule has 90 valence electrons. The molecule has 0 aliphatic heterocycles. The Bertz CT molecular complexity index is 184. The second kappa shape index (κ2) is 7.62. The van der Waals surface area contributed by atoms with Gasteiger partial charge >= 0.3 is 0 Å². The molecule has 0 aromatic rings. The molecule has 15 heavy (non-hydrogen) atoms. The first-order valence-electron chi connectivity index (χ1n) is 5.30. The summed E-state index contributed by atoms with van der Waals surface area (Å²) in [6.45, 7) is 2.45. The van der Waals surface area contributed by atoms with Crippen LogP contribution in [0.1, 0.15) is 12.8 Å². The molecule has 4 N–H and O–H groups in total. The normalized spacial score (nSPS) is 13.5. The van der Waals surface area contributed by atoms with Crippen molar-refractivity contribution in [2.45, 2.75) is 18.9 Å². The van der Waals surface area contributed by atoms with Crippen molar-refractivity contribution in [3.8, 4) is 0 Å². The molecule has 0 spiro atoms. The minimum Gasteiger partial charge on any atom is -0.370 e. The molecule has 0 aliphatic rings. The van der Waals surface area contributed by atoms with Crippen molar-refractivity contribution in [1.82, 2.24) is 9.80 Å². The lowest BCUT2D eigenvalue weighted by Crippen LogP contribution is -2.41. The van der Waals surface area contributed by atoms with E-state index in [9.17, 15) is 4.79 Å². The number of carbonyl (C=O) groups excluding carboxylic acids is 1. The molecule has 5 nitrogen and oxygen atoms in total. The summed E-state index contributed by atoms with van der Waals surface area (Å²) in [4.78, 5) is 15.0. The fourth-order valence-corrected chi connectivity index (χ4v) is 1.47. The summed E-state index contributed by atoms with van der Waals surface area (Å²) in [5, 5.41) is 0. The van der Waals surface area contributed by atoms with Crippen LogP contribution in [-0.4, -0.2) is 62.5 Å². The van der Waals surface area contributed by atoms with E-state index in [-0.39, 0.29) is 11.9 Å². The number of hydrogen-bond donors (Lipinski definition) is 2. The summed E-state index contributed by atoms with van der Waals surface area (Å²) in [5.41, 5.74) is 10.7. The summed E-state index contributed by atoms with van der Waals surface area (Å²) >= 11 is 0. The van der Waals surface area contributed by atoms with Crippen molar-refractivity contribution in [2.75, 3.05) is 40.8 Å². The van der Waals surface area contributed by atoms with E-state index >= 15 is 0 Å². The van der Waals surface area contributed by atoms with Gasteiger partial charge in [0.25, 0.3) is 0 Å². The van der Waals surface area contributed by atoms with Crippen LogP contribution in [0.5, 0.6) is 0 Å². The molecule has 5 heteroatoms. The number of carbonyl (C=O) groups is 1. The monoisotopic (exact) mass is 216 g/mol. The van der Waals surface area contributed by atoms with Crippen LogP contribution in [-0.2, 0) is 4.79 Å². The Balaban J connectivity index is 3.82. The Hall–Kier alpha value is -0.650. The standard InChI is InChI=1S/C10H24N4O/c1-13(2)5-4-6-14(3)9(8-11)7-10(12)15/h9H,4-8,11H2,1-3H3,(H2,12,15). The highest BCUT2D eigenvalue weighted by Crippen LogP contribution is 2.01. The minimum absolute atomic E-state index is 0.0738. The number of primary amides is 1. The average molecular weight is 216 g/mol. The lowest BCUT2D eigenvalue weighted by Gasteiger charge is -2.26. The molecule has 0 aromatic carbocycles. The van der Waals surface area contributed by atoms with Crippen molar-refractivity contribution in [3.05, 3.63) is 0 Å². The highest BCUT2D eigenvalue weighted by Gasteiger charge is 2.14. The van der Waals surface area contributed by atoms with E-state index < -0.39 is 0 Å². The average Bonchev–Trinajstić information content (AvgIpc) is 2.13. The number of nitrogens with zero attached hydrogens (tertiary/aromatic N) is 2. The van der Waals surface area contributed by atoms with Gasteiger partial charge in [0.15, 0.2) is 0 Å². The Morgan fingerprint density at radius 1 is 1.27 bits per heavy atom. The molecular formula is C10H24N4O. The van der Waals surface area contributed by atoms with Crippen LogP contribution in [0.15, 0.2) is 0 Å². The van der Waals surface area contributed by atoms with Gasteiger partial charge in [0.05, 0.1) is 0 Å². The topological polar surface area (TPSA) is 75.6 Å². The molecule has 0 rings (SSSR count). The zero-order chi connectivity index (χ0) is 11.8. The molecule has 0 aliphatic carbocycles. The Morgan fingerprint density at radius 3 is 2.27 bits per heavy atom. The first-order valence-corrected chi connectivity index (χ1v) is 5.30. The molecule has 0 heterocycles. The van der Waals surface area contributed by atoms with E-state index in [0.717, 1.165) is 19.5 Å². The number of hydrogen-bond acceptors (Lipinski definition) is 4. The molecule has 1 atom stereocenters. The highest BCUT2D eigenvalue weighted by atomic mass is 16.1. The van der Waals surface area contributed by atoms with Crippen LogP contribution in [0.4, 0.5) is 0 Å². The number of nitrogens with two attached hydrogens (primary N) is 2. The lowest BCUT2D eigenvalue weighted by molar-refractivity contribution is -0.119. The summed E-state index contributed by atoms with van der Waals surface area (Å²) in [6.07, 6.45) is 1.41. The van der Waals surface area contributed by atoms with Crippen molar-refractivity contribution < 1.29 is 4.79 Å². The van der Waals surface area contributed by atoms with Gasteiger partial charge in [-0.1, -0.05) is 0 Å². The first-order chi connectivity index (χ1) is 6.97. The Morgan fingerprint density at radius 2 is 1.87 bits per heavy atom. The van der Waals surface area contributed by atoms with E-state index in [1.54, 1.807) is 0 Å². The SMILES string of the molecule is CN(C)CCCN(C)C(CN)CC(N)=O. The Labute approximate surface area is 92.4 Å². The van der Waals surface area contributed by atoms with E-state index in [1.807, 2.05) is 21.1 Å². The predicted molar refractivity (Wildman–Crippen MR) is 62.5 cm³/mol. The van der Waals surface area contributed by atoms with Crippen molar-refractivity contribution in [3.63, 3.8) is 0 Å². The van der Waals surface area contributed by atoms with E-state index in [4.69, 9.17) is 11.5 Å². The molecular weight excluding hydrogens is 192 g/mol. The van der Waals surface area contributed by atoms with Gasteiger partial charge in [-0.2, -0.15) is 0 Å². The van der Waals surface area contributed by atoms with Gasteiger partial charge in [0, 0.05) is 19.0 Å². The maximum atomic E-state index is 10.8. The summed E-state index contributed by atoms with van der Waals surface area (Å²) < 4.78 is 0. The molecule has 0 radical (unpaired) electrons. The van der Waals surface area contributed by atoms with Crippen LogP contribution in [0, 0.1) is 0 Å². The third kappa shape index (κ3) is 7.30. The van der Waals surface area contributed by atoms with Gasteiger partial charge in [0.1, 0.15) is 0 Å². The molecule has 1 amide bonds. The summed E-state index contributed by atoms with van der Waals surface area (Å²) in [5.74, 6) is -0.287. The molecule has 0 aromatic heterocycles. The lowest BCUT2D eigenvalue weighted by atomic mass is 10.1. The minimum atomic E-state index is -0.287. The van der Waals surface area contributed by atoms with Crippen LogP contribution >= 0.6 is 0 Å². The fourth-order valence-electron chi connectivity index (χ4n) is 1.47. The molecule has 0 bridgehead atoms. The molecule has 1 unspecified atom stereocenters. The third-order valence-corrected chi connectivity index (χ3v) is 2.45. The largest absolute Gasteiger partial charge is 0.370 e. The van der Waals surface area contributed by atoms with Gasteiger partial charge < -0.3 is 21.3 Å². The number of rotatable bonds is 8. The van der Waals surface area contributed by atoms with Gasteiger partial charge in [-0.05, 0) is 40.7 Å². The summed E-state index contributed by atoms with van der Waals surface area (Å²) in [7, 11) is 6.07. The van der Waals surface area contributed by atoms with Crippen LogP contribution < -0.4 is 11.5 Å². The third-order valence-electron chi connectivity index (χ3n) is 2.45. The van der Waals surface area contributed by atoms with Gasteiger partial charge in [-0.3, -0.25) is 4.79 Å². The number of amides is 1. The Kier molecular flexibility index (Phi) is 7.29. The van der Waals surface area contributed by atoms with Crippen molar-refractivity contribution >= 4 is 5.91 Å². The first kappa shape index (κ1) is 14.3. The van der Waals surface area contributed by atoms with Crippen molar-refractivity contribution in [1.29, 1.82) is 0 Å². The number of likely N-dealkylation sites (N-methyl/N-ethyl adjacent to an activating group) is 1. The van der Waals surface area contributed by atoms with Crippen LogP contribution in [0.25, 0.3) is 0 Å². The summed E-state index contributed by atoms with van der Waals surface area (Å²) in [6, 6.07) is 0.0738. The highest BCUT2D eigenvalue weighted by molar-refractivity contribution is 5.74. The van der Waals surface area contributed by atoms with Crippen molar-refractivity contribution in [2.24, 2.45) is 11.5 Å².